The average molecular weight is 521 g/mol. The zero-order valence-electron chi connectivity index (χ0n) is 25.4. The van der Waals surface area contributed by atoms with Gasteiger partial charge in [0.25, 0.3) is 0 Å². The van der Waals surface area contributed by atoms with Gasteiger partial charge in [0, 0.05) is 0 Å². The lowest BCUT2D eigenvalue weighted by atomic mass is 9.76. The van der Waals surface area contributed by atoms with Crippen LogP contribution in [0.3, 0.4) is 0 Å². The van der Waals surface area contributed by atoms with E-state index in [4.69, 9.17) is 0 Å². The van der Waals surface area contributed by atoms with Gasteiger partial charge in [0.15, 0.2) is 0 Å². The fourth-order valence-corrected chi connectivity index (χ4v) is 6.35. The molecule has 0 heterocycles. The molecule has 2 aromatic carbocycles. The molecule has 0 aliphatic heterocycles. The van der Waals surface area contributed by atoms with Gasteiger partial charge < -0.3 is 0 Å². The average Bonchev–Trinajstić information content (AvgIpc) is 3.07. The fraction of sp³-hybridized carbons (Fsp3) is 0.487. The van der Waals surface area contributed by atoms with Crippen molar-refractivity contribution < 1.29 is 0 Å². The van der Waals surface area contributed by atoms with Crippen LogP contribution in [0.1, 0.15) is 108 Å². The molecule has 2 aromatic rings. The molecular weight excluding hydrogens is 468 g/mol. The predicted octanol–water partition coefficient (Wildman–Crippen LogP) is 11.2. The van der Waals surface area contributed by atoms with E-state index < -0.39 is 0 Å². The van der Waals surface area contributed by atoms with Crippen LogP contribution in [0.25, 0.3) is 6.08 Å². The Balaban J connectivity index is 1.33. The summed E-state index contributed by atoms with van der Waals surface area (Å²) in [7, 11) is 0. The third-order valence-corrected chi connectivity index (χ3v) is 9.01. The minimum Gasteiger partial charge on any atom is -0.0802 e. The number of rotatable bonds is 12. The zero-order valence-corrected chi connectivity index (χ0v) is 25.4. The number of allylic oxidation sites excluding steroid dienone is 7. The highest BCUT2D eigenvalue weighted by atomic mass is 14.3. The molecule has 0 bridgehead atoms. The fourth-order valence-electron chi connectivity index (χ4n) is 6.35. The summed E-state index contributed by atoms with van der Waals surface area (Å²) in [6.07, 6.45) is 27.0. The van der Waals surface area contributed by atoms with Gasteiger partial charge in [-0.2, -0.15) is 0 Å². The first-order chi connectivity index (χ1) is 18.9. The van der Waals surface area contributed by atoms with E-state index in [-0.39, 0.29) is 5.41 Å². The Bertz CT molecular complexity index is 1180. The third-order valence-electron chi connectivity index (χ3n) is 9.01. The van der Waals surface area contributed by atoms with Gasteiger partial charge >= 0.3 is 0 Å². The van der Waals surface area contributed by atoms with Crippen molar-refractivity contribution in [2.45, 2.75) is 104 Å². The van der Waals surface area contributed by atoms with Crippen molar-refractivity contribution in [2.75, 3.05) is 0 Å². The first-order valence-corrected chi connectivity index (χ1v) is 15.8. The van der Waals surface area contributed by atoms with E-state index in [1.807, 2.05) is 0 Å². The molecular formula is C39H52. The highest BCUT2D eigenvalue weighted by Gasteiger charge is 2.24. The van der Waals surface area contributed by atoms with Gasteiger partial charge in [0.2, 0.25) is 0 Å². The SMILES string of the molecule is CCCC(C)(C)c1ccccc1CCCc1cccc(/C=C/C(C)/C=C\C2=CCC(C)CC=C2C2CCC2)c1. The molecule has 2 unspecified atom stereocenters. The van der Waals surface area contributed by atoms with Crippen molar-refractivity contribution in [1.29, 1.82) is 0 Å². The van der Waals surface area contributed by atoms with Crippen molar-refractivity contribution in [2.24, 2.45) is 17.8 Å². The summed E-state index contributed by atoms with van der Waals surface area (Å²) in [6, 6.07) is 18.3. The van der Waals surface area contributed by atoms with Crippen LogP contribution in [-0.2, 0) is 18.3 Å². The van der Waals surface area contributed by atoms with Crippen LogP contribution in [0.4, 0.5) is 0 Å². The lowest BCUT2D eigenvalue weighted by Crippen LogP contribution is -2.19. The van der Waals surface area contributed by atoms with Crippen molar-refractivity contribution >= 4 is 6.08 Å². The standard InChI is InChI=1S/C39H52/c1-6-28-39(4,5)38-19-8-7-15-36(38)18-10-14-32-12-9-13-33(29-32)24-20-30(2)21-25-35-26-22-31(3)23-27-37(35)34-16-11-17-34/h7-9,12-13,15,19-21,24-27,29-31,34H,6,10-11,14,16-18,22-23,28H2,1-5H3/b24-20+,25-21-. The maximum absolute atomic E-state index is 2.55. The summed E-state index contributed by atoms with van der Waals surface area (Å²) >= 11 is 0. The topological polar surface area (TPSA) is 0 Å². The molecule has 0 nitrogen and oxygen atoms in total. The van der Waals surface area contributed by atoms with Crippen molar-refractivity contribution in [3.63, 3.8) is 0 Å². The first kappa shape index (κ1) is 29.4. The van der Waals surface area contributed by atoms with Crippen molar-refractivity contribution in [1.82, 2.24) is 0 Å². The molecule has 0 N–H and O–H groups in total. The van der Waals surface area contributed by atoms with Crippen LogP contribution < -0.4 is 0 Å². The van der Waals surface area contributed by atoms with Crippen LogP contribution in [0.15, 0.2) is 90.1 Å². The van der Waals surface area contributed by atoms with Crippen molar-refractivity contribution in [3.05, 3.63) is 112 Å². The van der Waals surface area contributed by atoms with Crippen LogP contribution in [0, 0.1) is 17.8 Å². The van der Waals surface area contributed by atoms with E-state index in [9.17, 15) is 0 Å². The number of aryl methyl sites for hydroxylation is 2. The van der Waals surface area contributed by atoms with Gasteiger partial charge in [-0.3, -0.25) is 0 Å². The second-order valence-electron chi connectivity index (χ2n) is 13.0. The Morgan fingerprint density at radius 1 is 0.923 bits per heavy atom. The van der Waals surface area contributed by atoms with E-state index in [0.717, 1.165) is 24.7 Å². The van der Waals surface area contributed by atoms with E-state index in [0.29, 0.717) is 5.92 Å². The van der Waals surface area contributed by atoms with Crippen LogP contribution in [-0.4, -0.2) is 0 Å². The van der Waals surface area contributed by atoms with Gasteiger partial charge in [-0.1, -0.05) is 132 Å². The quantitative estimate of drug-likeness (QED) is 0.261. The summed E-state index contributed by atoms with van der Waals surface area (Å²) in [6.45, 7) is 11.8. The number of benzene rings is 2. The molecule has 1 saturated carbocycles. The molecule has 2 aliphatic carbocycles. The van der Waals surface area contributed by atoms with E-state index >= 15 is 0 Å². The Morgan fingerprint density at radius 3 is 2.46 bits per heavy atom. The van der Waals surface area contributed by atoms with Crippen LogP contribution in [0.2, 0.25) is 0 Å². The van der Waals surface area contributed by atoms with Crippen molar-refractivity contribution in [3.8, 4) is 0 Å². The molecule has 0 spiro atoms. The molecule has 0 saturated heterocycles. The highest BCUT2D eigenvalue weighted by molar-refractivity contribution is 5.51. The zero-order chi connectivity index (χ0) is 27.7. The maximum atomic E-state index is 2.55. The molecule has 0 amide bonds. The predicted molar refractivity (Wildman–Crippen MR) is 172 cm³/mol. The second-order valence-corrected chi connectivity index (χ2v) is 13.0. The molecule has 2 aliphatic rings. The van der Waals surface area contributed by atoms with Gasteiger partial charge in [-0.25, -0.2) is 0 Å². The second kappa shape index (κ2) is 14.2. The molecule has 1 fully saturated rings. The van der Waals surface area contributed by atoms with Gasteiger partial charge in [-0.15, -0.1) is 0 Å². The van der Waals surface area contributed by atoms with Crippen LogP contribution in [0.5, 0.6) is 0 Å². The van der Waals surface area contributed by atoms with E-state index in [1.165, 1.54) is 79.2 Å². The minimum atomic E-state index is 0.251. The highest BCUT2D eigenvalue weighted by Crippen LogP contribution is 2.39. The lowest BCUT2D eigenvalue weighted by Gasteiger charge is -2.29. The molecule has 208 valence electrons. The molecule has 0 heteroatoms. The van der Waals surface area contributed by atoms with Crippen LogP contribution >= 0.6 is 0 Å². The first-order valence-electron chi connectivity index (χ1n) is 15.8. The molecule has 39 heavy (non-hydrogen) atoms. The Hall–Kier alpha value is -2.60. The molecule has 0 aromatic heterocycles. The third kappa shape index (κ3) is 8.44. The largest absolute Gasteiger partial charge is 0.0802 e. The summed E-state index contributed by atoms with van der Waals surface area (Å²) in [4.78, 5) is 0. The Kier molecular flexibility index (Phi) is 10.7. The van der Waals surface area contributed by atoms with E-state index in [1.54, 1.807) is 5.57 Å². The van der Waals surface area contributed by atoms with Gasteiger partial charge in [0.05, 0.1) is 0 Å². The summed E-state index contributed by atoms with van der Waals surface area (Å²) in [5.41, 5.74) is 9.19. The number of hydrogen-bond donors (Lipinski definition) is 0. The van der Waals surface area contributed by atoms with Gasteiger partial charge in [0.1, 0.15) is 0 Å². The molecule has 4 rings (SSSR count). The lowest BCUT2D eigenvalue weighted by molar-refractivity contribution is 0.371. The summed E-state index contributed by atoms with van der Waals surface area (Å²) < 4.78 is 0. The van der Waals surface area contributed by atoms with Gasteiger partial charge in [-0.05, 0) is 108 Å². The normalized spacial score (nSPS) is 19.6. The summed E-state index contributed by atoms with van der Waals surface area (Å²) in [5, 5.41) is 0. The molecule has 0 radical (unpaired) electrons. The monoisotopic (exact) mass is 520 g/mol. The summed E-state index contributed by atoms with van der Waals surface area (Å²) in [5.74, 6) is 1.98. The Morgan fingerprint density at radius 2 is 1.69 bits per heavy atom. The molecule has 2 atom stereocenters. The minimum absolute atomic E-state index is 0.251. The van der Waals surface area contributed by atoms with E-state index in [2.05, 4.69) is 120 Å². The maximum Gasteiger partial charge on any atom is -0.00752 e. The smallest absolute Gasteiger partial charge is 0.00752 e. The number of hydrogen-bond acceptors (Lipinski definition) is 0. The Labute approximate surface area is 240 Å².